The molecule has 2 rings (SSSR count). The van der Waals surface area contributed by atoms with Crippen molar-refractivity contribution in [1.29, 1.82) is 5.26 Å². The number of hydrogen-bond donors (Lipinski definition) is 1. The average molecular weight is 201 g/mol. The Hall–Kier alpha value is -2.02. The van der Waals surface area contributed by atoms with Gasteiger partial charge in [0, 0.05) is 18.7 Å². The van der Waals surface area contributed by atoms with Crippen LogP contribution >= 0.6 is 0 Å². The second kappa shape index (κ2) is 3.62. The molecule has 1 fully saturated rings. The van der Waals surface area contributed by atoms with Gasteiger partial charge >= 0.3 is 0 Å². The van der Waals surface area contributed by atoms with E-state index in [9.17, 15) is 4.79 Å². The molecule has 1 aliphatic rings. The minimum Gasteiger partial charge on any atom is -0.398 e. The SMILES string of the molecule is N#Cc1ccc(N2CCCC2=O)cc1N. The number of nitrogens with zero attached hydrogens (tertiary/aromatic N) is 2. The third kappa shape index (κ3) is 1.64. The maximum atomic E-state index is 11.5. The van der Waals surface area contributed by atoms with Gasteiger partial charge in [-0.1, -0.05) is 0 Å². The standard InChI is InChI=1S/C11H11N3O/c12-7-8-3-4-9(6-10(8)13)14-5-1-2-11(14)15/h3-4,6H,1-2,5,13H2. The smallest absolute Gasteiger partial charge is 0.227 e. The molecular weight excluding hydrogens is 190 g/mol. The molecule has 76 valence electrons. The molecule has 4 nitrogen and oxygen atoms in total. The molecule has 1 amide bonds. The summed E-state index contributed by atoms with van der Waals surface area (Å²) in [7, 11) is 0. The third-order valence-corrected chi connectivity index (χ3v) is 2.54. The lowest BCUT2D eigenvalue weighted by Crippen LogP contribution is -2.23. The highest BCUT2D eigenvalue weighted by Gasteiger charge is 2.21. The summed E-state index contributed by atoms with van der Waals surface area (Å²) in [6.45, 7) is 0.740. The van der Waals surface area contributed by atoms with Gasteiger partial charge in [0.05, 0.1) is 11.3 Å². The van der Waals surface area contributed by atoms with E-state index in [2.05, 4.69) is 0 Å². The molecule has 15 heavy (non-hydrogen) atoms. The Bertz CT molecular complexity index is 448. The van der Waals surface area contributed by atoms with Gasteiger partial charge in [-0.2, -0.15) is 5.26 Å². The van der Waals surface area contributed by atoms with Gasteiger partial charge < -0.3 is 10.6 Å². The Balaban J connectivity index is 2.34. The molecule has 0 aromatic heterocycles. The molecule has 1 aromatic rings. The normalized spacial score (nSPS) is 15.4. The zero-order chi connectivity index (χ0) is 10.8. The summed E-state index contributed by atoms with van der Waals surface area (Å²) >= 11 is 0. The Morgan fingerprint density at radius 2 is 2.27 bits per heavy atom. The minimum absolute atomic E-state index is 0.124. The van der Waals surface area contributed by atoms with Crippen molar-refractivity contribution in [3.8, 4) is 6.07 Å². The van der Waals surface area contributed by atoms with Gasteiger partial charge in [-0.25, -0.2) is 0 Å². The molecule has 0 aliphatic carbocycles. The number of hydrogen-bond acceptors (Lipinski definition) is 3. The van der Waals surface area contributed by atoms with Gasteiger partial charge in [-0.15, -0.1) is 0 Å². The van der Waals surface area contributed by atoms with Crippen LogP contribution in [-0.2, 0) is 4.79 Å². The molecule has 0 saturated carbocycles. The van der Waals surface area contributed by atoms with Gasteiger partial charge in [0.25, 0.3) is 0 Å². The van der Waals surface area contributed by atoms with Crippen molar-refractivity contribution in [1.82, 2.24) is 0 Å². The summed E-state index contributed by atoms with van der Waals surface area (Å²) in [5, 5.41) is 8.72. The lowest BCUT2D eigenvalue weighted by Gasteiger charge is -2.16. The quantitative estimate of drug-likeness (QED) is 0.695. The van der Waals surface area contributed by atoms with Crippen LogP contribution in [0.25, 0.3) is 0 Å². The number of amides is 1. The highest BCUT2D eigenvalue weighted by atomic mass is 16.2. The van der Waals surface area contributed by atoms with Crippen LogP contribution in [-0.4, -0.2) is 12.5 Å². The number of carbonyl (C=O) groups excluding carboxylic acids is 1. The van der Waals surface area contributed by atoms with E-state index in [0.29, 0.717) is 17.7 Å². The first-order valence-electron chi connectivity index (χ1n) is 4.82. The van der Waals surface area contributed by atoms with Gasteiger partial charge in [-0.3, -0.25) is 4.79 Å². The zero-order valence-electron chi connectivity index (χ0n) is 8.23. The van der Waals surface area contributed by atoms with Gasteiger partial charge in [0.2, 0.25) is 5.91 Å². The first-order valence-corrected chi connectivity index (χ1v) is 4.82. The van der Waals surface area contributed by atoms with Crippen molar-refractivity contribution < 1.29 is 4.79 Å². The molecule has 0 radical (unpaired) electrons. The van der Waals surface area contributed by atoms with Crippen LogP contribution in [0.5, 0.6) is 0 Å². The average Bonchev–Trinajstić information content (AvgIpc) is 2.64. The van der Waals surface area contributed by atoms with Crippen molar-refractivity contribution in [3.63, 3.8) is 0 Å². The van der Waals surface area contributed by atoms with Crippen LogP contribution < -0.4 is 10.6 Å². The van der Waals surface area contributed by atoms with E-state index in [1.165, 1.54) is 0 Å². The Labute approximate surface area is 87.9 Å². The predicted octanol–water partition coefficient (Wildman–Crippen LogP) is 1.27. The van der Waals surface area contributed by atoms with Gasteiger partial charge in [0.1, 0.15) is 6.07 Å². The molecule has 4 heteroatoms. The fourth-order valence-electron chi connectivity index (χ4n) is 1.74. The predicted molar refractivity (Wildman–Crippen MR) is 57.2 cm³/mol. The molecule has 0 bridgehead atoms. The van der Waals surface area contributed by atoms with E-state index in [4.69, 9.17) is 11.0 Å². The maximum Gasteiger partial charge on any atom is 0.227 e. The monoisotopic (exact) mass is 201 g/mol. The lowest BCUT2D eigenvalue weighted by molar-refractivity contribution is -0.117. The largest absolute Gasteiger partial charge is 0.398 e. The fraction of sp³-hybridized carbons (Fsp3) is 0.273. The molecule has 0 spiro atoms. The number of benzene rings is 1. The summed E-state index contributed by atoms with van der Waals surface area (Å²) in [4.78, 5) is 13.2. The summed E-state index contributed by atoms with van der Waals surface area (Å²) in [5.74, 6) is 0.124. The van der Waals surface area contributed by atoms with Crippen LogP contribution in [0.3, 0.4) is 0 Å². The van der Waals surface area contributed by atoms with E-state index >= 15 is 0 Å². The van der Waals surface area contributed by atoms with E-state index in [-0.39, 0.29) is 5.91 Å². The second-order valence-electron chi connectivity index (χ2n) is 3.53. The molecule has 0 atom stereocenters. The number of rotatable bonds is 1. The number of carbonyl (C=O) groups is 1. The number of nitrogen functional groups attached to an aromatic ring is 1. The van der Waals surface area contributed by atoms with Crippen molar-refractivity contribution in [3.05, 3.63) is 23.8 Å². The fourth-order valence-corrected chi connectivity index (χ4v) is 1.74. The summed E-state index contributed by atoms with van der Waals surface area (Å²) in [6, 6.07) is 7.09. The zero-order valence-corrected chi connectivity index (χ0v) is 8.23. The van der Waals surface area contributed by atoms with Crippen molar-refractivity contribution in [2.45, 2.75) is 12.8 Å². The van der Waals surface area contributed by atoms with Gasteiger partial charge in [-0.05, 0) is 24.6 Å². The molecule has 1 aromatic carbocycles. The summed E-state index contributed by atoms with van der Waals surface area (Å²) < 4.78 is 0. The Kier molecular flexibility index (Phi) is 2.30. The van der Waals surface area contributed by atoms with Crippen LogP contribution in [0.1, 0.15) is 18.4 Å². The number of nitrogens with two attached hydrogens (primary N) is 1. The Morgan fingerprint density at radius 3 is 2.80 bits per heavy atom. The van der Waals surface area contributed by atoms with Crippen LogP contribution in [0.4, 0.5) is 11.4 Å². The van der Waals surface area contributed by atoms with E-state index in [1.807, 2.05) is 6.07 Å². The molecular formula is C11H11N3O. The number of nitriles is 1. The molecule has 2 N–H and O–H groups in total. The maximum absolute atomic E-state index is 11.5. The van der Waals surface area contributed by atoms with E-state index in [1.54, 1.807) is 23.1 Å². The molecule has 1 heterocycles. The summed E-state index contributed by atoms with van der Waals surface area (Å²) in [5.41, 5.74) is 7.35. The van der Waals surface area contributed by atoms with E-state index in [0.717, 1.165) is 18.7 Å². The van der Waals surface area contributed by atoms with Crippen molar-refractivity contribution in [2.75, 3.05) is 17.2 Å². The van der Waals surface area contributed by atoms with Crippen molar-refractivity contribution in [2.24, 2.45) is 0 Å². The first-order chi connectivity index (χ1) is 7.22. The lowest BCUT2D eigenvalue weighted by atomic mass is 10.1. The molecule has 1 saturated heterocycles. The third-order valence-electron chi connectivity index (χ3n) is 2.54. The second-order valence-corrected chi connectivity index (χ2v) is 3.53. The van der Waals surface area contributed by atoms with Gasteiger partial charge in [0.15, 0.2) is 0 Å². The molecule has 0 unspecified atom stereocenters. The van der Waals surface area contributed by atoms with Crippen LogP contribution in [0, 0.1) is 11.3 Å². The minimum atomic E-state index is 0.124. The van der Waals surface area contributed by atoms with Crippen LogP contribution in [0.15, 0.2) is 18.2 Å². The van der Waals surface area contributed by atoms with E-state index < -0.39 is 0 Å². The highest BCUT2D eigenvalue weighted by Crippen LogP contribution is 2.24. The number of anilines is 2. The van der Waals surface area contributed by atoms with Crippen LogP contribution in [0.2, 0.25) is 0 Å². The van der Waals surface area contributed by atoms with Crippen molar-refractivity contribution >= 4 is 17.3 Å². The first kappa shape index (κ1) is 9.53. The molecule has 1 aliphatic heterocycles. The topological polar surface area (TPSA) is 70.1 Å². The highest BCUT2D eigenvalue weighted by molar-refractivity contribution is 5.95. The summed E-state index contributed by atoms with van der Waals surface area (Å²) in [6.07, 6.45) is 1.48. The Morgan fingerprint density at radius 1 is 1.47 bits per heavy atom.